The Morgan fingerprint density at radius 3 is 1.41 bits per heavy atom. The Kier molecular flexibility index (Phi) is 7.65. The van der Waals surface area contributed by atoms with Crippen LogP contribution in [0, 0.1) is 31.8 Å². The predicted octanol–water partition coefficient (Wildman–Crippen LogP) is 11.9. The Morgan fingerprint density at radius 1 is 0.551 bits per heavy atom. The van der Waals surface area contributed by atoms with Gasteiger partial charge in [0.25, 0.3) is 0 Å². The van der Waals surface area contributed by atoms with Gasteiger partial charge >= 0.3 is 0 Å². The summed E-state index contributed by atoms with van der Waals surface area (Å²) in [6.07, 6.45) is 0. The van der Waals surface area contributed by atoms with Crippen LogP contribution in [0.15, 0.2) is 146 Å². The van der Waals surface area contributed by atoms with E-state index in [2.05, 4.69) is 140 Å². The van der Waals surface area contributed by atoms with Crippen molar-refractivity contribution < 1.29 is 0 Å². The second kappa shape index (κ2) is 12.6. The summed E-state index contributed by atoms with van der Waals surface area (Å²) >= 11 is 0. The van der Waals surface area contributed by atoms with Crippen LogP contribution < -0.4 is 9.80 Å². The molecule has 8 aromatic rings. The highest BCUT2D eigenvalue weighted by atomic mass is 15.2. The van der Waals surface area contributed by atoms with Crippen molar-refractivity contribution in [3.05, 3.63) is 174 Å². The molecule has 0 aliphatic carbocycles. The molecule has 0 amide bonds. The van der Waals surface area contributed by atoms with Gasteiger partial charge in [-0.3, -0.25) is 0 Å². The van der Waals surface area contributed by atoms with Crippen molar-refractivity contribution in [2.75, 3.05) is 9.80 Å². The van der Waals surface area contributed by atoms with E-state index in [1.807, 2.05) is 48.5 Å². The summed E-state index contributed by atoms with van der Waals surface area (Å²) in [7, 11) is 3.75. The van der Waals surface area contributed by atoms with Crippen LogP contribution >= 0.6 is 0 Å². The average Bonchev–Trinajstić information content (AvgIpc) is 3.17. The fourth-order valence-corrected chi connectivity index (χ4v) is 6.97. The molecule has 2 radical (unpaired) electrons. The first-order valence-electron chi connectivity index (χ1n) is 16.5. The summed E-state index contributed by atoms with van der Waals surface area (Å²) < 4.78 is 5.25. The van der Waals surface area contributed by atoms with Gasteiger partial charge in [-0.25, -0.2) is 4.85 Å². The number of hydrogen-bond acceptors (Lipinski definition) is 3. The first kappa shape index (κ1) is 29.8. The van der Waals surface area contributed by atoms with Crippen molar-refractivity contribution in [2.45, 2.75) is 13.8 Å². The molecular weight excluding hydrogens is 595 g/mol. The minimum absolute atomic E-state index is 0.617. The zero-order valence-electron chi connectivity index (χ0n) is 28.2. The Balaban J connectivity index is 0.00000193. The molecule has 0 saturated carbocycles. The van der Waals surface area contributed by atoms with E-state index >= 15 is 0 Å². The van der Waals surface area contributed by atoms with Crippen molar-refractivity contribution in [1.82, 2.24) is 0 Å². The van der Waals surface area contributed by atoms with Crippen molar-refractivity contribution in [3.8, 4) is 6.07 Å². The molecule has 0 spiro atoms. The molecule has 0 fully saturated rings. The second-order valence-corrected chi connectivity index (χ2v) is 12.1. The molecule has 8 rings (SSSR count). The standard InChI is InChI=1S/C44H30N4.BH/c1-29-8-4-6-10-39(29)47(35-20-12-31(28-45)13-21-35)41-26-16-32-15-25-38-42(27-17-33-14-24-37(41)43(32)44(33)38)48(40-11-7-5-9-30(40)2)36-22-18-34(46-3)19-23-36;/h4-27H,1-2H3;1H/i;1D. The molecule has 0 aromatic heterocycles. The average molecular weight is 628 g/mol. The number of para-hydroxylation sites is 2. The van der Waals surface area contributed by atoms with Gasteiger partial charge in [0, 0.05) is 41.9 Å². The van der Waals surface area contributed by atoms with Gasteiger partial charge in [0.2, 0.25) is 0 Å². The third kappa shape index (κ3) is 5.19. The molecule has 0 bridgehead atoms. The molecule has 5 heteroatoms. The van der Waals surface area contributed by atoms with Gasteiger partial charge in [-0.05, 0) is 109 Å². The maximum Gasteiger partial charge on any atom is 0.187 e. The quantitative estimate of drug-likeness (QED) is 0.105. The van der Waals surface area contributed by atoms with Crippen LogP contribution in [0.3, 0.4) is 0 Å². The lowest BCUT2D eigenvalue weighted by molar-refractivity contribution is 1.26. The predicted molar refractivity (Wildman–Crippen MR) is 207 cm³/mol. The summed E-state index contributed by atoms with van der Waals surface area (Å²) in [6, 6.07) is 52.6. The molecule has 0 aliphatic rings. The lowest BCUT2D eigenvalue weighted by Crippen LogP contribution is -2.12. The van der Waals surface area contributed by atoms with Crippen LogP contribution in [0.1, 0.15) is 16.7 Å². The van der Waals surface area contributed by atoms with Gasteiger partial charge in [-0.1, -0.05) is 84.9 Å². The zero-order valence-corrected chi connectivity index (χ0v) is 27.2. The molecule has 0 unspecified atom stereocenters. The number of hydrogen-bond donors (Lipinski definition) is 0. The van der Waals surface area contributed by atoms with Gasteiger partial charge < -0.3 is 9.80 Å². The van der Waals surface area contributed by atoms with Crippen LogP contribution in [0.25, 0.3) is 37.2 Å². The molecule has 8 aromatic carbocycles. The van der Waals surface area contributed by atoms with E-state index in [9.17, 15) is 5.26 Å². The molecular formula is C44H31BN4. The Hall–Kier alpha value is -6.56. The van der Waals surface area contributed by atoms with Gasteiger partial charge in [0.05, 0.1) is 29.6 Å². The van der Waals surface area contributed by atoms with E-state index in [1.54, 1.807) is 0 Å². The SMILES string of the molecule is [2H][B].[C-]#[N+]c1ccc(N(c2ccccc2C)c2ccc3ccc4c(N(c5ccc(C#N)cc5)c5ccccc5C)ccc5ccc2c3c54)cc1. The number of anilines is 6. The lowest BCUT2D eigenvalue weighted by Gasteiger charge is -2.30. The smallest absolute Gasteiger partial charge is 0.187 e. The summed E-state index contributed by atoms with van der Waals surface area (Å²) in [5.41, 5.74) is 9.90. The number of rotatable bonds is 6. The van der Waals surface area contributed by atoms with E-state index in [0.717, 1.165) is 56.0 Å². The number of benzene rings is 8. The Morgan fingerprint density at radius 2 is 0.980 bits per heavy atom. The van der Waals surface area contributed by atoms with Crippen molar-refractivity contribution >= 4 is 80.5 Å². The van der Waals surface area contributed by atoms with Gasteiger partial charge in [0.1, 0.15) is 0 Å². The lowest BCUT2D eigenvalue weighted by atomic mass is 9.91. The fourth-order valence-electron chi connectivity index (χ4n) is 6.97. The largest absolute Gasteiger partial charge is 0.310 e. The highest BCUT2D eigenvalue weighted by Crippen LogP contribution is 2.48. The zero-order chi connectivity index (χ0) is 34.8. The minimum Gasteiger partial charge on any atom is -0.310 e. The van der Waals surface area contributed by atoms with Crippen LogP contribution in [-0.2, 0) is 0 Å². The normalized spacial score (nSPS) is 11.0. The molecule has 0 N–H and O–H groups in total. The van der Waals surface area contributed by atoms with Gasteiger partial charge in [0.15, 0.2) is 5.69 Å². The first-order chi connectivity index (χ1) is 24.6. The van der Waals surface area contributed by atoms with E-state index < -0.39 is 0 Å². The molecule has 0 heterocycles. The maximum atomic E-state index is 9.51. The van der Waals surface area contributed by atoms with Crippen LogP contribution in [0.4, 0.5) is 39.8 Å². The van der Waals surface area contributed by atoms with Crippen molar-refractivity contribution in [2.24, 2.45) is 0 Å². The van der Waals surface area contributed by atoms with Gasteiger partial charge in [-0.15, -0.1) is 0 Å². The summed E-state index contributed by atoms with van der Waals surface area (Å²) in [6.45, 7) is 11.8. The monoisotopic (exact) mass is 627 g/mol. The second-order valence-electron chi connectivity index (χ2n) is 12.1. The third-order valence-electron chi connectivity index (χ3n) is 9.30. The number of aryl methyl sites for hydroxylation is 2. The Bertz CT molecular complexity index is 2390. The van der Waals surface area contributed by atoms with E-state index in [1.165, 1.54) is 21.5 Å². The van der Waals surface area contributed by atoms with E-state index in [-0.39, 0.29) is 0 Å². The summed E-state index contributed by atoms with van der Waals surface area (Å²) in [4.78, 5) is 8.25. The van der Waals surface area contributed by atoms with Crippen LogP contribution in [-0.4, -0.2) is 9.71 Å². The van der Waals surface area contributed by atoms with Crippen LogP contribution in [0.5, 0.6) is 0 Å². The van der Waals surface area contributed by atoms with Crippen molar-refractivity contribution in [3.63, 3.8) is 0 Å². The van der Waals surface area contributed by atoms with E-state index in [4.69, 9.17) is 7.91 Å². The molecule has 49 heavy (non-hydrogen) atoms. The van der Waals surface area contributed by atoms with Crippen LogP contribution in [0.2, 0.25) is 0 Å². The van der Waals surface area contributed by atoms with Crippen molar-refractivity contribution in [1.29, 1.82) is 6.60 Å². The Labute approximate surface area is 289 Å². The molecule has 0 atom stereocenters. The topological polar surface area (TPSA) is 34.6 Å². The third-order valence-corrected chi connectivity index (χ3v) is 9.30. The highest BCUT2D eigenvalue weighted by molar-refractivity contribution is 6.28. The first-order valence-corrected chi connectivity index (χ1v) is 16.0. The minimum atomic E-state index is 0.617. The fraction of sp³-hybridized carbons (Fsp3) is 0.0455. The van der Waals surface area contributed by atoms with E-state index in [0.29, 0.717) is 11.3 Å². The maximum absolute atomic E-state index is 9.51. The molecule has 4 nitrogen and oxygen atoms in total. The molecule has 230 valence electrons. The number of nitriles is 1. The number of nitrogens with zero attached hydrogens (tertiary/aromatic N) is 4. The molecule has 0 saturated heterocycles. The highest BCUT2D eigenvalue weighted by Gasteiger charge is 2.22. The summed E-state index contributed by atoms with van der Waals surface area (Å²) in [5, 5.41) is 16.6. The molecule has 0 aliphatic heterocycles. The van der Waals surface area contributed by atoms with Gasteiger partial charge in [-0.2, -0.15) is 5.26 Å². The summed E-state index contributed by atoms with van der Waals surface area (Å²) in [5.74, 6) is 0.